The van der Waals surface area contributed by atoms with Gasteiger partial charge in [-0.15, -0.1) is 0 Å². The van der Waals surface area contributed by atoms with Crippen LogP contribution in [0.2, 0.25) is 0 Å². The maximum Gasteiger partial charge on any atom is 0.160 e. The highest BCUT2D eigenvalue weighted by atomic mass is 15.0. The van der Waals surface area contributed by atoms with E-state index in [4.69, 9.17) is 9.97 Å². The summed E-state index contributed by atoms with van der Waals surface area (Å²) in [4.78, 5) is 10.5. The fourth-order valence-electron chi connectivity index (χ4n) is 9.05. The lowest BCUT2D eigenvalue weighted by atomic mass is 9.98. The summed E-state index contributed by atoms with van der Waals surface area (Å²) in [5, 5.41) is 4.99. The van der Waals surface area contributed by atoms with E-state index < -0.39 is 0 Å². The van der Waals surface area contributed by atoms with E-state index in [0.29, 0.717) is 11.8 Å². The molecule has 2 atom stereocenters. The summed E-state index contributed by atoms with van der Waals surface area (Å²) in [5.74, 6) is 2.03. The molecular weight excluding hydrogens is 693 g/mol. The molecule has 12 rings (SSSR count). The molecule has 3 aromatic heterocycles. The summed E-state index contributed by atoms with van der Waals surface area (Å²) >= 11 is 0. The van der Waals surface area contributed by atoms with E-state index >= 15 is 0 Å². The summed E-state index contributed by atoms with van der Waals surface area (Å²) < 4.78 is 4.78. The van der Waals surface area contributed by atoms with Gasteiger partial charge in [-0.2, -0.15) is 0 Å². The van der Waals surface area contributed by atoms with Crippen LogP contribution in [0.15, 0.2) is 194 Å². The highest BCUT2D eigenvalue weighted by molar-refractivity contribution is 6.10. The Hall–Kier alpha value is -7.30. The van der Waals surface area contributed by atoms with E-state index in [1.807, 2.05) is 0 Å². The molecule has 4 nitrogen and oxygen atoms in total. The monoisotopic (exact) mass is 728 g/mol. The zero-order valence-corrected chi connectivity index (χ0v) is 31.1. The Balaban J connectivity index is 1.07. The molecule has 0 saturated heterocycles. The summed E-state index contributed by atoms with van der Waals surface area (Å²) in [5.41, 5.74) is 14.3. The second-order valence-electron chi connectivity index (χ2n) is 15.4. The first-order valence-electron chi connectivity index (χ1n) is 19.8. The molecule has 2 unspecified atom stereocenters. The smallest absolute Gasteiger partial charge is 0.160 e. The molecule has 1 fully saturated rings. The molecule has 10 aromatic rings. The lowest BCUT2D eigenvalue weighted by Crippen LogP contribution is -2.01. The minimum Gasteiger partial charge on any atom is -0.309 e. The average Bonchev–Trinajstić information content (AvgIpc) is 3.89. The van der Waals surface area contributed by atoms with Crippen LogP contribution in [0.25, 0.3) is 94.2 Å². The molecule has 57 heavy (non-hydrogen) atoms. The molecule has 2 aliphatic carbocycles. The van der Waals surface area contributed by atoms with Gasteiger partial charge in [0, 0.05) is 49.6 Å². The SMILES string of the molecule is C1=CC2CC2C=C1c1nc(-c2ccccc2)cc(-c2cc(-c3ccc(-n4c5ccccc5c5ccccc54)cc3)cc(-n3c4ccccc4c4ccccc43)c2)n1. The molecule has 0 radical (unpaired) electrons. The Morgan fingerprint density at radius 3 is 1.49 bits per heavy atom. The zero-order valence-electron chi connectivity index (χ0n) is 31.1. The van der Waals surface area contributed by atoms with Gasteiger partial charge in [-0.25, -0.2) is 9.97 Å². The van der Waals surface area contributed by atoms with Gasteiger partial charge >= 0.3 is 0 Å². The number of fused-ring (bicyclic) bond motifs is 7. The van der Waals surface area contributed by atoms with Crippen LogP contribution in [-0.2, 0) is 0 Å². The summed E-state index contributed by atoms with van der Waals surface area (Å²) in [6.07, 6.45) is 8.14. The quantitative estimate of drug-likeness (QED) is 0.171. The van der Waals surface area contributed by atoms with Crippen LogP contribution in [0, 0.1) is 11.8 Å². The van der Waals surface area contributed by atoms with E-state index in [2.05, 4.69) is 203 Å². The number of benzene rings is 7. The fraction of sp³-hybridized carbons (Fsp3) is 0.0566. The van der Waals surface area contributed by atoms with Crippen LogP contribution in [0.5, 0.6) is 0 Å². The molecule has 3 heterocycles. The second-order valence-corrected chi connectivity index (χ2v) is 15.4. The minimum absolute atomic E-state index is 0.591. The molecule has 7 aromatic carbocycles. The fourth-order valence-corrected chi connectivity index (χ4v) is 9.05. The third-order valence-electron chi connectivity index (χ3n) is 12.0. The molecular formula is C53H36N4. The van der Waals surface area contributed by atoms with Crippen LogP contribution < -0.4 is 0 Å². The Morgan fingerprint density at radius 1 is 0.404 bits per heavy atom. The molecule has 0 amide bonds. The summed E-state index contributed by atoms with van der Waals surface area (Å²) in [6, 6.07) is 63.4. The lowest BCUT2D eigenvalue weighted by molar-refractivity contribution is 0.977. The van der Waals surface area contributed by atoms with E-state index in [-0.39, 0.29) is 0 Å². The van der Waals surface area contributed by atoms with Crippen LogP contribution in [-0.4, -0.2) is 19.1 Å². The number of hydrogen-bond acceptors (Lipinski definition) is 2. The largest absolute Gasteiger partial charge is 0.309 e. The van der Waals surface area contributed by atoms with Gasteiger partial charge in [0.25, 0.3) is 0 Å². The van der Waals surface area contributed by atoms with E-state index in [1.165, 1.54) is 50.0 Å². The second kappa shape index (κ2) is 12.6. The van der Waals surface area contributed by atoms with E-state index in [1.54, 1.807) is 0 Å². The summed E-state index contributed by atoms with van der Waals surface area (Å²) in [6.45, 7) is 0. The Labute approximate surface area is 330 Å². The van der Waals surface area contributed by atoms with Gasteiger partial charge in [-0.3, -0.25) is 0 Å². The number of para-hydroxylation sites is 4. The molecule has 268 valence electrons. The van der Waals surface area contributed by atoms with Crippen LogP contribution in [0.1, 0.15) is 12.2 Å². The molecule has 1 saturated carbocycles. The first kappa shape index (κ1) is 32.0. The van der Waals surface area contributed by atoms with Crippen molar-refractivity contribution < 1.29 is 0 Å². The topological polar surface area (TPSA) is 35.6 Å². The molecule has 0 spiro atoms. The maximum absolute atomic E-state index is 5.35. The van der Waals surface area contributed by atoms with Crippen molar-refractivity contribution in [2.45, 2.75) is 6.42 Å². The molecule has 0 bridgehead atoms. The lowest BCUT2D eigenvalue weighted by Gasteiger charge is -2.16. The van der Waals surface area contributed by atoms with Crippen molar-refractivity contribution in [3.63, 3.8) is 0 Å². The van der Waals surface area contributed by atoms with Crippen molar-refractivity contribution in [3.8, 4) is 45.0 Å². The minimum atomic E-state index is 0.591. The highest BCUT2D eigenvalue weighted by Crippen LogP contribution is 2.46. The Kier molecular flexibility index (Phi) is 7.08. The average molecular weight is 729 g/mol. The number of hydrogen-bond donors (Lipinski definition) is 0. The third-order valence-corrected chi connectivity index (χ3v) is 12.0. The van der Waals surface area contributed by atoms with Crippen molar-refractivity contribution in [3.05, 3.63) is 200 Å². The summed E-state index contributed by atoms with van der Waals surface area (Å²) in [7, 11) is 0. The van der Waals surface area contributed by atoms with Gasteiger partial charge in [0.15, 0.2) is 5.82 Å². The number of allylic oxidation sites excluding steroid dienone is 4. The standard InChI is InChI=1S/C53H36N4/c1-2-12-35(13-3-1)47-33-48(55-53(54-47)37-23-22-36-28-38(36)29-37)40-30-39(31-42(32-40)57-51-20-10-6-16-45(51)46-17-7-11-21-52(46)57)34-24-26-41(27-25-34)56-49-18-8-4-14-43(49)44-15-5-9-19-50(44)56/h1-27,29-33,36,38H,28H2. The van der Waals surface area contributed by atoms with E-state index in [0.717, 1.165) is 56.4 Å². The van der Waals surface area contributed by atoms with Crippen LogP contribution in [0.3, 0.4) is 0 Å². The van der Waals surface area contributed by atoms with Gasteiger partial charge in [0.2, 0.25) is 0 Å². The van der Waals surface area contributed by atoms with E-state index in [9.17, 15) is 0 Å². The van der Waals surface area contributed by atoms with Crippen molar-refractivity contribution >= 4 is 49.2 Å². The van der Waals surface area contributed by atoms with Crippen LogP contribution >= 0.6 is 0 Å². The predicted octanol–water partition coefficient (Wildman–Crippen LogP) is 13.3. The Morgan fingerprint density at radius 2 is 0.912 bits per heavy atom. The van der Waals surface area contributed by atoms with Gasteiger partial charge in [0.1, 0.15) is 0 Å². The maximum atomic E-state index is 5.35. The molecule has 0 N–H and O–H groups in total. The van der Waals surface area contributed by atoms with Gasteiger partial charge < -0.3 is 9.13 Å². The molecule has 0 aliphatic heterocycles. The third kappa shape index (κ3) is 5.29. The predicted molar refractivity (Wildman–Crippen MR) is 236 cm³/mol. The van der Waals surface area contributed by atoms with Gasteiger partial charge in [0.05, 0.1) is 33.5 Å². The van der Waals surface area contributed by atoms with Crippen molar-refractivity contribution in [2.75, 3.05) is 0 Å². The van der Waals surface area contributed by atoms with Crippen LogP contribution in [0.4, 0.5) is 0 Å². The van der Waals surface area contributed by atoms with Crippen molar-refractivity contribution in [1.82, 2.24) is 19.1 Å². The number of nitrogens with zero attached hydrogens (tertiary/aromatic N) is 4. The number of rotatable bonds is 6. The number of aromatic nitrogens is 4. The van der Waals surface area contributed by atoms with Crippen molar-refractivity contribution in [1.29, 1.82) is 0 Å². The van der Waals surface area contributed by atoms with Gasteiger partial charge in [-0.1, -0.05) is 133 Å². The zero-order chi connectivity index (χ0) is 37.5. The normalized spacial score (nSPS) is 16.0. The first-order chi connectivity index (χ1) is 28.2. The molecule has 2 aliphatic rings. The molecule has 4 heteroatoms. The first-order valence-corrected chi connectivity index (χ1v) is 19.8. The van der Waals surface area contributed by atoms with Gasteiger partial charge in [-0.05, 0) is 90.0 Å². The van der Waals surface area contributed by atoms with Crippen molar-refractivity contribution in [2.24, 2.45) is 11.8 Å². The highest BCUT2D eigenvalue weighted by Gasteiger charge is 2.35. The Bertz CT molecular complexity index is 3160.